The van der Waals surface area contributed by atoms with E-state index in [0.29, 0.717) is 23.5 Å². The fourth-order valence-corrected chi connectivity index (χ4v) is 5.42. The summed E-state index contributed by atoms with van der Waals surface area (Å²) in [4.78, 5) is 31.4. The van der Waals surface area contributed by atoms with Crippen molar-refractivity contribution in [3.05, 3.63) is 78.5 Å². The Kier molecular flexibility index (Phi) is 6.77. The number of carbonyl (C=O) groups excluding carboxylic acids is 1. The van der Waals surface area contributed by atoms with Crippen molar-refractivity contribution >= 4 is 22.9 Å². The van der Waals surface area contributed by atoms with Crippen LogP contribution in [-0.2, 0) is 16.9 Å². The molecule has 0 bridgehead atoms. The van der Waals surface area contributed by atoms with Crippen molar-refractivity contribution in [2.24, 2.45) is 0 Å². The highest BCUT2D eigenvalue weighted by molar-refractivity contribution is 5.95. The SMILES string of the molecule is CC[C@](O)(c1ccccc1)c1cc(-c2c[nH]c3ncc(-c4cnn(CC(=O)N5CCCCC5)c4)cc23)nc(N)n1. The van der Waals surface area contributed by atoms with Crippen LogP contribution in [-0.4, -0.2) is 58.7 Å². The molecule has 1 aromatic carbocycles. The maximum atomic E-state index is 12.7. The Morgan fingerprint density at radius 2 is 1.88 bits per heavy atom. The van der Waals surface area contributed by atoms with E-state index in [1.54, 1.807) is 23.1 Å². The number of pyridine rings is 1. The zero-order chi connectivity index (χ0) is 27.7. The van der Waals surface area contributed by atoms with Crippen LogP contribution in [0.4, 0.5) is 5.95 Å². The quantitative estimate of drug-likeness (QED) is 0.284. The number of nitrogen functional groups attached to an aromatic ring is 1. The zero-order valence-corrected chi connectivity index (χ0v) is 22.4. The van der Waals surface area contributed by atoms with Gasteiger partial charge in [-0.25, -0.2) is 15.0 Å². The third kappa shape index (κ3) is 4.82. The molecule has 0 unspecified atom stereocenters. The van der Waals surface area contributed by atoms with E-state index in [4.69, 9.17) is 5.73 Å². The van der Waals surface area contributed by atoms with Gasteiger partial charge in [-0.1, -0.05) is 37.3 Å². The molecule has 0 spiro atoms. The van der Waals surface area contributed by atoms with Crippen LogP contribution in [0.5, 0.6) is 0 Å². The van der Waals surface area contributed by atoms with Gasteiger partial charge in [0.05, 0.1) is 17.6 Å². The Morgan fingerprint density at radius 3 is 2.65 bits per heavy atom. The molecule has 4 aromatic heterocycles. The average molecular weight is 537 g/mol. The van der Waals surface area contributed by atoms with E-state index in [2.05, 4.69) is 25.0 Å². The number of aromatic amines is 1. The summed E-state index contributed by atoms with van der Waals surface area (Å²) in [7, 11) is 0. The number of hydrogen-bond acceptors (Lipinski definition) is 7. The van der Waals surface area contributed by atoms with Gasteiger partial charge in [0.2, 0.25) is 11.9 Å². The molecular weight excluding hydrogens is 504 g/mol. The van der Waals surface area contributed by atoms with Crippen molar-refractivity contribution in [1.82, 2.24) is 34.6 Å². The van der Waals surface area contributed by atoms with E-state index in [1.807, 2.05) is 60.6 Å². The maximum absolute atomic E-state index is 12.7. The highest BCUT2D eigenvalue weighted by Crippen LogP contribution is 2.36. The molecule has 10 heteroatoms. The van der Waals surface area contributed by atoms with Gasteiger partial charge >= 0.3 is 0 Å². The Balaban J connectivity index is 1.32. The van der Waals surface area contributed by atoms with Crippen LogP contribution in [0.3, 0.4) is 0 Å². The number of nitrogens with two attached hydrogens (primary N) is 1. The first kappa shape index (κ1) is 25.7. The minimum absolute atomic E-state index is 0.0772. The van der Waals surface area contributed by atoms with E-state index in [-0.39, 0.29) is 18.4 Å². The lowest BCUT2D eigenvalue weighted by Gasteiger charge is -2.27. The Bertz CT molecular complexity index is 1660. The van der Waals surface area contributed by atoms with E-state index in [1.165, 1.54) is 6.42 Å². The summed E-state index contributed by atoms with van der Waals surface area (Å²) in [6.45, 7) is 3.77. The summed E-state index contributed by atoms with van der Waals surface area (Å²) >= 11 is 0. The van der Waals surface area contributed by atoms with Crippen molar-refractivity contribution in [2.75, 3.05) is 18.8 Å². The van der Waals surface area contributed by atoms with Crippen molar-refractivity contribution < 1.29 is 9.90 Å². The first-order valence-corrected chi connectivity index (χ1v) is 13.7. The van der Waals surface area contributed by atoms with Crippen molar-refractivity contribution in [2.45, 2.75) is 44.8 Å². The zero-order valence-electron chi connectivity index (χ0n) is 22.4. The molecule has 10 nitrogen and oxygen atoms in total. The lowest BCUT2D eigenvalue weighted by molar-refractivity contribution is -0.132. The molecule has 1 atom stereocenters. The third-order valence-electron chi connectivity index (χ3n) is 7.71. The van der Waals surface area contributed by atoms with Gasteiger partial charge in [-0.15, -0.1) is 0 Å². The molecule has 204 valence electrons. The number of H-pyrrole nitrogens is 1. The number of benzene rings is 1. The lowest BCUT2D eigenvalue weighted by atomic mass is 9.87. The summed E-state index contributed by atoms with van der Waals surface area (Å²) in [5.74, 6) is 0.170. The van der Waals surface area contributed by atoms with Gasteiger partial charge < -0.3 is 20.7 Å². The van der Waals surface area contributed by atoms with Gasteiger partial charge in [-0.05, 0) is 43.4 Å². The average Bonchev–Trinajstić information content (AvgIpc) is 3.64. The lowest BCUT2D eigenvalue weighted by Crippen LogP contribution is -2.37. The fraction of sp³-hybridized carbons (Fsp3) is 0.300. The molecule has 1 aliphatic rings. The first-order chi connectivity index (χ1) is 19.4. The second kappa shape index (κ2) is 10.5. The fourth-order valence-electron chi connectivity index (χ4n) is 5.42. The van der Waals surface area contributed by atoms with Gasteiger partial charge in [0.1, 0.15) is 17.8 Å². The van der Waals surface area contributed by atoms with E-state index in [0.717, 1.165) is 53.6 Å². The summed E-state index contributed by atoms with van der Waals surface area (Å²) in [5, 5.41) is 16.9. The number of nitrogens with zero attached hydrogens (tertiary/aromatic N) is 6. The second-order valence-electron chi connectivity index (χ2n) is 10.3. The van der Waals surface area contributed by atoms with Gasteiger partial charge in [-0.2, -0.15) is 5.10 Å². The number of rotatable bonds is 7. The molecule has 0 saturated carbocycles. The number of carbonyl (C=O) groups is 1. The summed E-state index contributed by atoms with van der Waals surface area (Å²) in [6.07, 6.45) is 11.0. The van der Waals surface area contributed by atoms with Crippen LogP contribution in [0.1, 0.15) is 43.9 Å². The number of anilines is 1. The third-order valence-corrected chi connectivity index (χ3v) is 7.71. The molecule has 1 saturated heterocycles. The normalized spacial score (nSPS) is 15.3. The molecular formula is C30H32N8O2. The number of piperidine rings is 1. The molecule has 5 aromatic rings. The molecule has 0 radical (unpaired) electrons. The highest BCUT2D eigenvalue weighted by Gasteiger charge is 2.32. The van der Waals surface area contributed by atoms with Crippen molar-refractivity contribution in [3.63, 3.8) is 0 Å². The molecule has 1 aliphatic heterocycles. The molecule has 1 amide bonds. The summed E-state index contributed by atoms with van der Waals surface area (Å²) < 4.78 is 1.68. The maximum Gasteiger partial charge on any atom is 0.244 e. The van der Waals surface area contributed by atoms with E-state index in [9.17, 15) is 9.90 Å². The molecule has 0 aliphatic carbocycles. The molecule has 5 heterocycles. The van der Waals surface area contributed by atoms with Gasteiger partial charge in [0.25, 0.3) is 0 Å². The van der Waals surface area contributed by atoms with Gasteiger partial charge in [-0.3, -0.25) is 9.48 Å². The minimum atomic E-state index is -1.32. The van der Waals surface area contributed by atoms with Crippen LogP contribution < -0.4 is 5.73 Å². The number of aliphatic hydroxyl groups is 1. The number of fused-ring (bicyclic) bond motifs is 1. The van der Waals surface area contributed by atoms with Crippen molar-refractivity contribution in [1.29, 1.82) is 0 Å². The predicted octanol–water partition coefficient (Wildman–Crippen LogP) is 4.12. The van der Waals surface area contributed by atoms with Crippen LogP contribution in [0.25, 0.3) is 33.4 Å². The standard InChI is InChI=1S/C30H32N8O2/c1-2-30(40,22-9-5-3-6-10-22)26-14-25(35-29(31)36-26)24-17-33-28-23(24)13-20(15-32-28)21-16-34-38(18-21)19-27(39)37-11-7-4-8-12-37/h3,5-6,9-10,13-18,40H,2,4,7-8,11-12,19H2,1H3,(H,32,33)(H2,31,35,36)/t30-/m0/s1. The van der Waals surface area contributed by atoms with Gasteiger partial charge in [0, 0.05) is 53.8 Å². The Labute approximate surface area is 231 Å². The summed E-state index contributed by atoms with van der Waals surface area (Å²) in [5.41, 5.74) is 9.80. The van der Waals surface area contributed by atoms with Crippen LogP contribution in [0.2, 0.25) is 0 Å². The number of likely N-dealkylation sites (tertiary alicyclic amines) is 1. The monoisotopic (exact) mass is 536 g/mol. The number of aromatic nitrogens is 6. The molecule has 40 heavy (non-hydrogen) atoms. The van der Waals surface area contributed by atoms with Crippen LogP contribution >= 0.6 is 0 Å². The molecule has 4 N–H and O–H groups in total. The largest absolute Gasteiger partial charge is 0.379 e. The minimum Gasteiger partial charge on any atom is -0.379 e. The molecule has 6 rings (SSSR count). The van der Waals surface area contributed by atoms with E-state index < -0.39 is 5.60 Å². The van der Waals surface area contributed by atoms with Crippen LogP contribution in [0.15, 0.2) is 67.3 Å². The number of hydrogen-bond donors (Lipinski definition) is 3. The highest BCUT2D eigenvalue weighted by atomic mass is 16.3. The van der Waals surface area contributed by atoms with Crippen molar-refractivity contribution in [3.8, 4) is 22.4 Å². The van der Waals surface area contributed by atoms with E-state index >= 15 is 0 Å². The van der Waals surface area contributed by atoms with Crippen LogP contribution in [0, 0.1) is 0 Å². The Morgan fingerprint density at radius 1 is 1.07 bits per heavy atom. The summed E-state index contributed by atoms with van der Waals surface area (Å²) in [6, 6.07) is 13.2. The van der Waals surface area contributed by atoms with Gasteiger partial charge in [0.15, 0.2) is 0 Å². The topological polar surface area (TPSA) is 139 Å². The Hall–Kier alpha value is -4.57. The molecule has 1 fully saturated rings. The first-order valence-electron chi connectivity index (χ1n) is 13.7. The second-order valence-corrected chi connectivity index (χ2v) is 10.3. The predicted molar refractivity (Wildman–Crippen MR) is 153 cm³/mol. The number of amides is 1. The number of nitrogens with one attached hydrogen (secondary N) is 1. The smallest absolute Gasteiger partial charge is 0.244 e.